The Balaban J connectivity index is 1.84. The van der Waals surface area contributed by atoms with Crippen LogP contribution in [0.4, 0.5) is 0 Å². The van der Waals surface area contributed by atoms with Crippen molar-refractivity contribution in [3.8, 4) is 0 Å². The first-order valence-electron chi connectivity index (χ1n) is 8.49. The smallest absolute Gasteiger partial charge is 0.244 e. The highest BCUT2D eigenvalue weighted by Gasteiger charge is 2.26. The van der Waals surface area contributed by atoms with Crippen molar-refractivity contribution in [1.29, 1.82) is 0 Å². The molecule has 0 aliphatic carbocycles. The first-order chi connectivity index (χ1) is 11.4. The van der Waals surface area contributed by atoms with Gasteiger partial charge >= 0.3 is 0 Å². The zero-order valence-corrected chi connectivity index (χ0v) is 14.8. The molecule has 2 amide bonds. The van der Waals surface area contributed by atoms with Crippen LogP contribution >= 0.6 is 0 Å². The summed E-state index contributed by atoms with van der Waals surface area (Å²) in [5.41, 5.74) is 8.10. The van der Waals surface area contributed by atoms with Crippen molar-refractivity contribution in [3.63, 3.8) is 0 Å². The summed E-state index contributed by atoms with van der Waals surface area (Å²) in [6, 6.07) is 7.27. The summed E-state index contributed by atoms with van der Waals surface area (Å²) in [6.07, 6.45) is 0. The second kappa shape index (κ2) is 8.26. The van der Waals surface area contributed by atoms with Crippen molar-refractivity contribution in [1.82, 2.24) is 15.1 Å². The molecule has 1 fully saturated rings. The van der Waals surface area contributed by atoms with Gasteiger partial charge in [-0.3, -0.25) is 14.5 Å². The second-order valence-corrected chi connectivity index (χ2v) is 6.71. The molecule has 6 nitrogen and oxygen atoms in total. The van der Waals surface area contributed by atoms with Crippen LogP contribution in [0.1, 0.15) is 31.0 Å². The highest BCUT2D eigenvalue weighted by molar-refractivity contribution is 5.83. The summed E-state index contributed by atoms with van der Waals surface area (Å²) in [7, 11) is 0. The third-order valence-corrected chi connectivity index (χ3v) is 4.20. The van der Waals surface area contributed by atoms with Gasteiger partial charge in [-0.2, -0.15) is 0 Å². The molecule has 1 aromatic carbocycles. The normalized spacial score (nSPS) is 17.0. The number of nitrogens with zero attached hydrogens (tertiary/aromatic N) is 2. The Morgan fingerprint density at radius 2 is 1.71 bits per heavy atom. The van der Waals surface area contributed by atoms with E-state index >= 15 is 0 Å². The van der Waals surface area contributed by atoms with E-state index in [1.165, 1.54) is 0 Å². The lowest BCUT2D eigenvalue weighted by molar-refractivity contribution is -0.134. The number of carbonyl (C=O) groups is 2. The minimum absolute atomic E-state index is 0.0288. The Kier molecular flexibility index (Phi) is 6.34. The highest BCUT2D eigenvalue weighted by atomic mass is 16.2. The van der Waals surface area contributed by atoms with E-state index in [0.717, 1.165) is 11.1 Å². The van der Waals surface area contributed by atoms with Gasteiger partial charge in [0.15, 0.2) is 0 Å². The lowest BCUT2D eigenvalue weighted by Gasteiger charge is -2.35. The van der Waals surface area contributed by atoms with Crippen molar-refractivity contribution in [3.05, 3.63) is 35.4 Å². The predicted octanol–water partition coefficient (Wildman–Crippen LogP) is 0.664. The quantitative estimate of drug-likeness (QED) is 0.830. The Labute approximate surface area is 144 Å². The molecule has 2 rings (SSSR count). The molecular weight excluding hydrogens is 304 g/mol. The van der Waals surface area contributed by atoms with Crippen molar-refractivity contribution in [2.24, 2.45) is 5.73 Å². The topological polar surface area (TPSA) is 78.7 Å². The minimum Gasteiger partial charge on any atom is -0.353 e. The predicted molar refractivity (Wildman–Crippen MR) is 94.4 cm³/mol. The van der Waals surface area contributed by atoms with Crippen molar-refractivity contribution >= 4 is 11.8 Å². The standard InChI is InChI=1S/C18H28N4O2/c1-13(2)20-16(23)12-21-8-10-22(11-9-21)18(24)17(19)15-6-4-14(3)5-7-15/h4-7,13,17H,8-12,19H2,1-3H3,(H,20,23). The third kappa shape index (κ3) is 5.04. The van der Waals surface area contributed by atoms with Crippen LogP contribution in [0.15, 0.2) is 24.3 Å². The maximum Gasteiger partial charge on any atom is 0.244 e. The monoisotopic (exact) mass is 332 g/mol. The molecule has 6 heteroatoms. The van der Waals surface area contributed by atoms with Crippen LogP contribution in [0.25, 0.3) is 0 Å². The molecule has 1 unspecified atom stereocenters. The first kappa shape index (κ1) is 18.4. The van der Waals surface area contributed by atoms with Gasteiger partial charge < -0.3 is 16.0 Å². The van der Waals surface area contributed by atoms with Gasteiger partial charge in [0.2, 0.25) is 11.8 Å². The second-order valence-electron chi connectivity index (χ2n) is 6.71. The molecule has 1 atom stereocenters. The van der Waals surface area contributed by atoms with Crippen LogP contribution in [0.5, 0.6) is 0 Å². The van der Waals surface area contributed by atoms with Crippen LogP contribution in [0.3, 0.4) is 0 Å². The van der Waals surface area contributed by atoms with Crippen LogP contribution in [0, 0.1) is 6.92 Å². The summed E-state index contributed by atoms with van der Waals surface area (Å²) in [5, 5.41) is 2.89. The molecule has 132 valence electrons. The van der Waals surface area contributed by atoms with Crippen molar-refractivity contribution < 1.29 is 9.59 Å². The molecule has 0 radical (unpaired) electrons. The number of piperazine rings is 1. The molecule has 0 spiro atoms. The van der Waals surface area contributed by atoms with Crippen molar-refractivity contribution in [2.75, 3.05) is 32.7 Å². The molecule has 1 aliphatic rings. The Bertz CT molecular complexity index is 563. The van der Waals surface area contributed by atoms with E-state index in [-0.39, 0.29) is 17.9 Å². The number of hydrogen-bond acceptors (Lipinski definition) is 4. The number of aryl methyl sites for hydroxylation is 1. The van der Waals surface area contributed by atoms with Crippen LogP contribution < -0.4 is 11.1 Å². The minimum atomic E-state index is -0.624. The largest absolute Gasteiger partial charge is 0.353 e. The fourth-order valence-corrected chi connectivity index (χ4v) is 2.81. The molecular formula is C18H28N4O2. The molecule has 3 N–H and O–H groups in total. The van der Waals surface area contributed by atoms with Gasteiger partial charge in [0.25, 0.3) is 0 Å². The zero-order chi connectivity index (χ0) is 17.7. The summed E-state index contributed by atoms with van der Waals surface area (Å²) >= 11 is 0. The van der Waals surface area contributed by atoms with E-state index in [2.05, 4.69) is 10.2 Å². The molecule has 1 aliphatic heterocycles. The number of hydrogen-bond donors (Lipinski definition) is 2. The molecule has 24 heavy (non-hydrogen) atoms. The van der Waals surface area contributed by atoms with Gasteiger partial charge in [-0.15, -0.1) is 0 Å². The number of amides is 2. The lowest BCUT2D eigenvalue weighted by atomic mass is 10.0. The molecule has 1 saturated heterocycles. The lowest BCUT2D eigenvalue weighted by Crippen LogP contribution is -2.53. The maximum atomic E-state index is 12.6. The summed E-state index contributed by atoms with van der Waals surface area (Å²) in [6.45, 7) is 8.87. The van der Waals surface area contributed by atoms with Crippen LogP contribution in [-0.4, -0.2) is 60.4 Å². The summed E-state index contributed by atoms with van der Waals surface area (Å²) in [4.78, 5) is 28.2. The Morgan fingerprint density at radius 3 is 2.25 bits per heavy atom. The van der Waals surface area contributed by atoms with E-state index < -0.39 is 6.04 Å². The molecule has 1 aromatic rings. The SMILES string of the molecule is Cc1ccc(C(N)C(=O)N2CCN(CC(=O)NC(C)C)CC2)cc1. The van der Waals surface area contributed by atoms with E-state index in [9.17, 15) is 9.59 Å². The van der Waals surface area contributed by atoms with E-state index in [4.69, 9.17) is 5.73 Å². The number of rotatable bonds is 5. The summed E-state index contributed by atoms with van der Waals surface area (Å²) < 4.78 is 0. The summed E-state index contributed by atoms with van der Waals surface area (Å²) in [5.74, 6) is -0.0220. The number of nitrogens with two attached hydrogens (primary N) is 1. The molecule has 0 bridgehead atoms. The highest BCUT2D eigenvalue weighted by Crippen LogP contribution is 2.15. The van der Waals surface area contributed by atoms with Gasteiger partial charge in [-0.05, 0) is 26.3 Å². The van der Waals surface area contributed by atoms with E-state index in [1.807, 2.05) is 45.0 Å². The third-order valence-electron chi connectivity index (χ3n) is 4.20. The average Bonchev–Trinajstić information content (AvgIpc) is 2.54. The first-order valence-corrected chi connectivity index (χ1v) is 8.49. The molecule has 1 heterocycles. The fraction of sp³-hybridized carbons (Fsp3) is 0.556. The fourth-order valence-electron chi connectivity index (χ4n) is 2.81. The van der Waals surface area contributed by atoms with Crippen molar-refractivity contribution in [2.45, 2.75) is 32.9 Å². The van der Waals surface area contributed by atoms with Gasteiger partial charge in [-0.1, -0.05) is 29.8 Å². The zero-order valence-electron chi connectivity index (χ0n) is 14.8. The molecule has 0 aromatic heterocycles. The van der Waals surface area contributed by atoms with Gasteiger partial charge in [0.1, 0.15) is 6.04 Å². The Morgan fingerprint density at radius 1 is 1.12 bits per heavy atom. The number of benzene rings is 1. The maximum absolute atomic E-state index is 12.6. The molecule has 0 saturated carbocycles. The number of nitrogens with one attached hydrogen (secondary N) is 1. The average molecular weight is 332 g/mol. The van der Waals surface area contributed by atoms with Crippen LogP contribution in [0.2, 0.25) is 0 Å². The van der Waals surface area contributed by atoms with Gasteiger partial charge in [0, 0.05) is 32.2 Å². The number of carbonyl (C=O) groups excluding carboxylic acids is 2. The van der Waals surface area contributed by atoms with E-state index in [1.54, 1.807) is 4.90 Å². The Hall–Kier alpha value is -1.92. The van der Waals surface area contributed by atoms with Crippen LogP contribution in [-0.2, 0) is 9.59 Å². The van der Waals surface area contributed by atoms with Gasteiger partial charge in [0.05, 0.1) is 6.54 Å². The van der Waals surface area contributed by atoms with E-state index in [0.29, 0.717) is 32.7 Å². The van der Waals surface area contributed by atoms with Gasteiger partial charge in [-0.25, -0.2) is 0 Å².